The van der Waals surface area contributed by atoms with E-state index < -0.39 is 5.54 Å². The summed E-state index contributed by atoms with van der Waals surface area (Å²) in [6.45, 7) is 4.42. The van der Waals surface area contributed by atoms with Crippen LogP contribution >= 0.6 is 22.9 Å². The van der Waals surface area contributed by atoms with Gasteiger partial charge in [0.05, 0.1) is 20.8 Å². The number of nitrogens with two attached hydrogens (primary N) is 1. The van der Waals surface area contributed by atoms with Crippen molar-refractivity contribution in [2.75, 3.05) is 24.6 Å². The van der Waals surface area contributed by atoms with Gasteiger partial charge in [-0.2, -0.15) is 0 Å². The molecule has 7 heteroatoms. The van der Waals surface area contributed by atoms with E-state index in [1.165, 1.54) is 4.70 Å². The number of hydrogen-bond donors (Lipinski definition) is 1. The first-order chi connectivity index (χ1) is 14.0. The van der Waals surface area contributed by atoms with Crippen LogP contribution in [0.4, 0.5) is 5.13 Å². The predicted octanol–water partition coefficient (Wildman–Crippen LogP) is 4.72. The van der Waals surface area contributed by atoms with Crippen molar-refractivity contribution in [3.05, 3.63) is 47.5 Å². The van der Waals surface area contributed by atoms with Gasteiger partial charge in [0.15, 0.2) is 22.7 Å². The standard InChI is InChI=1S/C22H24ClN3O2S/c1-22(24,19-13-27-17-7-4-5-15(23)20(17)28-19)14-9-11-26(12-10-14)21-25-16-6-2-3-8-18(16)29-21/h2-8,14,19H,9-13,24H2,1H3. The molecule has 2 aliphatic rings. The summed E-state index contributed by atoms with van der Waals surface area (Å²) in [5.74, 6) is 1.63. The second-order valence-electron chi connectivity index (χ2n) is 8.08. The number of aromatic nitrogens is 1. The van der Waals surface area contributed by atoms with E-state index in [9.17, 15) is 0 Å². The minimum Gasteiger partial charge on any atom is -0.486 e. The fourth-order valence-electron chi connectivity index (χ4n) is 4.32. The van der Waals surface area contributed by atoms with E-state index in [1.807, 2.05) is 24.3 Å². The monoisotopic (exact) mass is 429 g/mol. The molecule has 2 aliphatic heterocycles. The van der Waals surface area contributed by atoms with Gasteiger partial charge in [-0.25, -0.2) is 4.98 Å². The highest BCUT2D eigenvalue weighted by Crippen LogP contribution is 2.42. The highest BCUT2D eigenvalue weighted by molar-refractivity contribution is 7.22. The van der Waals surface area contributed by atoms with Gasteiger partial charge in [-0.05, 0) is 49.9 Å². The molecule has 5 nitrogen and oxygen atoms in total. The number of rotatable bonds is 3. The van der Waals surface area contributed by atoms with Gasteiger partial charge in [0.25, 0.3) is 0 Å². The number of thiazole rings is 1. The number of piperidine rings is 1. The van der Waals surface area contributed by atoms with Crippen molar-refractivity contribution >= 4 is 38.3 Å². The molecule has 2 atom stereocenters. The Balaban J connectivity index is 1.28. The van der Waals surface area contributed by atoms with Crippen LogP contribution in [-0.2, 0) is 0 Å². The molecule has 0 radical (unpaired) electrons. The summed E-state index contributed by atoms with van der Waals surface area (Å²) >= 11 is 8.06. The molecular formula is C22H24ClN3O2S. The first-order valence-corrected chi connectivity index (χ1v) is 11.2. The van der Waals surface area contributed by atoms with E-state index in [0.29, 0.717) is 29.0 Å². The topological polar surface area (TPSA) is 60.6 Å². The summed E-state index contributed by atoms with van der Waals surface area (Å²) in [4.78, 5) is 7.18. The second kappa shape index (κ2) is 7.35. The van der Waals surface area contributed by atoms with E-state index in [-0.39, 0.29) is 6.10 Å². The van der Waals surface area contributed by atoms with Crippen molar-refractivity contribution in [3.8, 4) is 11.5 Å². The molecule has 0 amide bonds. The molecule has 29 heavy (non-hydrogen) atoms. The summed E-state index contributed by atoms with van der Waals surface area (Å²) in [7, 11) is 0. The van der Waals surface area contributed by atoms with E-state index in [4.69, 9.17) is 31.8 Å². The van der Waals surface area contributed by atoms with Crippen LogP contribution < -0.4 is 20.1 Å². The predicted molar refractivity (Wildman–Crippen MR) is 119 cm³/mol. The summed E-state index contributed by atoms with van der Waals surface area (Å²) in [5, 5.41) is 1.66. The van der Waals surface area contributed by atoms with Gasteiger partial charge in [-0.15, -0.1) is 0 Å². The SMILES string of the molecule is CC(N)(C1CCN(c2nc3ccccc3s2)CC1)C1COc2cccc(Cl)c2O1. The van der Waals surface area contributed by atoms with E-state index >= 15 is 0 Å². The van der Waals surface area contributed by atoms with E-state index in [2.05, 4.69) is 30.0 Å². The van der Waals surface area contributed by atoms with Gasteiger partial charge in [-0.3, -0.25) is 0 Å². The molecule has 5 rings (SSSR count). The van der Waals surface area contributed by atoms with Crippen molar-refractivity contribution in [2.45, 2.75) is 31.4 Å². The first kappa shape index (κ1) is 19.0. The van der Waals surface area contributed by atoms with Crippen LogP contribution in [0.2, 0.25) is 5.02 Å². The van der Waals surface area contributed by atoms with Crippen LogP contribution in [0, 0.1) is 5.92 Å². The zero-order valence-electron chi connectivity index (χ0n) is 16.3. The Labute approximate surface area is 179 Å². The fourth-order valence-corrected chi connectivity index (χ4v) is 5.54. The molecule has 2 unspecified atom stereocenters. The fraction of sp³-hybridized carbons (Fsp3) is 0.409. The molecule has 3 aromatic rings. The third-order valence-corrected chi connectivity index (χ3v) is 7.60. The first-order valence-electron chi connectivity index (χ1n) is 10.00. The summed E-state index contributed by atoms with van der Waals surface area (Å²) < 4.78 is 13.4. The Hall–Kier alpha value is -2.02. The van der Waals surface area contributed by atoms with Crippen molar-refractivity contribution in [1.82, 2.24) is 4.98 Å². The third kappa shape index (κ3) is 3.43. The molecule has 1 fully saturated rings. The average molecular weight is 430 g/mol. The Morgan fingerprint density at radius 3 is 2.76 bits per heavy atom. The van der Waals surface area contributed by atoms with Gasteiger partial charge in [0.1, 0.15) is 6.61 Å². The lowest BCUT2D eigenvalue weighted by Crippen LogP contribution is -2.61. The maximum atomic E-state index is 6.84. The Kier molecular flexibility index (Phi) is 4.81. The Bertz CT molecular complexity index is 997. The molecule has 2 N–H and O–H groups in total. The lowest BCUT2D eigenvalue weighted by Gasteiger charge is -2.45. The zero-order chi connectivity index (χ0) is 20.0. The number of halogens is 1. The molecule has 3 heterocycles. The number of para-hydroxylation sites is 2. The van der Waals surface area contributed by atoms with Crippen LogP contribution in [-0.4, -0.2) is 36.3 Å². The van der Waals surface area contributed by atoms with Crippen molar-refractivity contribution in [1.29, 1.82) is 0 Å². The molecular weight excluding hydrogens is 406 g/mol. The number of anilines is 1. The molecule has 152 valence electrons. The molecule has 0 bridgehead atoms. The summed E-state index contributed by atoms with van der Waals surface area (Å²) in [5.41, 5.74) is 7.41. The van der Waals surface area contributed by atoms with Gasteiger partial charge < -0.3 is 20.1 Å². The molecule has 1 aromatic heterocycles. The molecule has 2 aromatic carbocycles. The third-order valence-electron chi connectivity index (χ3n) is 6.20. The van der Waals surface area contributed by atoms with Gasteiger partial charge >= 0.3 is 0 Å². The number of benzene rings is 2. The maximum absolute atomic E-state index is 6.84. The van der Waals surface area contributed by atoms with Crippen LogP contribution in [0.15, 0.2) is 42.5 Å². The van der Waals surface area contributed by atoms with Crippen LogP contribution in [0.25, 0.3) is 10.2 Å². The lowest BCUT2D eigenvalue weighted by molar-refractivity contribution is 0.00946. The lowest BCUT2D eigenvalue weighted by atomic mass is 9.76. The summed E-state index contributed by atoms with van der Waals surface area (Å²) in [6, 6.07) is 13.9. The maximum Gasteiger partial charge on any atom is 0.186 e. The number of nitrogens with zero attached hydrogens (tertiary/aromatic N) is 2. The second-order valence-corrected chi connectivity index (χ2v) is 9.49. The smallest absolute Gasteiger partial charge is 0.186 e. The van der Waals surface area contributed by atoms with Gasteiger partial charge in [0.2, 0.25) is 0 Å². The number of fused-ring (bicyclic) bond motifs is 2. The molecule has 0 saturated carbocycles. The Morgan fingerprint density at radius 1 is 1.17 bits per heavy atom. The molecule has 1 saturated heterocycles. The van der Waals surface area contributed by atoms with Crippen LogP contribution in [0.5, 0.6) is 11.5 Å². The van der Waals surface area contributed by atoms with E-state index in [0.717, 1.165) is 36.6 Å². The molecule has 0 spiro atoms. The van der Waals surface area contributed by atoms with Crippen molar-refractivity contribution in [3.63, 3.8) is 0 Å². The highest BCUT2D eigenvalue weighted by Gasteiger charge is 2.43. The normalized spacial score (nSPS) is 21.9. The quantitative estimate of drug-likeness (QED) is 0.652. The Morgan fingerprint density at radius 2 is 1.97 bits per heavy atom. The number of ether oxygens (including phenoxy) is 2. The van der Waals surface area contributed by atoms with Crippen molar-refractivity contribution in [2.24, 2.45) is 11.7 Å². The minimum absolute atomic E-state index is 0.228. The van der Waals surface area contributed by atoms with Crippen molar-refractivity contribution < 1.29 is 9.47 Å². The van der Waals surface area contributed by atoms with Gasteiger partial charge in [-0.1, -0.05) is 41.1 Å². The number of hydrogen-bond acceptors (Lipinski definition) is 6. The molecule has 0 aliphatic carbocycles. The highest BCUT2D eigenvalue weighted by atomic mass is 35.5. The van der Waals surface area contributed by atoms with Gasteiger partial charge in [0, 0.05) is 13.1 Å². The average Bonchev–Trinajstić information content (AvgIpc) is 3.18. The zero-order valence-corrected chi connectivity index (χ0v) is 17.9. The van der Waals surface area contributed by atoms with E-state index in [1.54, 1.807) is 11.3 Å². The largest absolute Gasteiger partial charge is 0.486 e. The van der Waals surface area contributed by atoms with Crippen LogP contribution in [0.1, 0.15) is 19.8 Å². The van der Waals surface area contributed by atoms with Crippen LogP contribution in [0.3, 0.4) is 0 Å². The minimum atomic E-state index is -0.503. The summed E-state index contributed by atoms with van der Waals surface area (Å²) in [6.07, 6.45) is 1.77.